The zero-order valence-electron chi connectivity index (χ0n) is 12.3. The molecule has 1 N–H and O–H groups in total. The molecular formula is C16H18N2O3. The van der Waals surface area contributed by atoms with E-state index in [0.29, 0.717) is 11.4 Å². The Kier molecular flexibility index (Phi) is 4.42. The second kappa shape index (κ2) is 6.26. The van der Waals surface area contributed by atoms with Crippen LogP contribution in [0.1, 0.15) is 23.7 Å². The van der Waals surface area contributed by atoms with Gasteiger partial charge in [-0.25, -0.2) is 9.48 Å². The maximum Gasteiger partial charge on any atom is 0.328 e. The third-order valence-electron chi connectivity index (χ3n) is 3.17. The van der Waals surface area contributed by atoms with Crippen molar-refractivity contribution in [3.8, 4) is 11.6 Å². The summed E-state index contributed by atoms with van der Waals surface area (Å²) in [7, 11) is 1.77. The van der Waals surface area contributed by atoms with Gasteiger partial charge in [-0.05, 0) is 31.1 Å². The second-order valence-electron chi connectivity index (χ2n) is 4.66. The van der Waals surface area contributed by atoms with Crippen LogP contribution in [0.25, 0.3) is 6.08 Å². The van der Waals surface area contributed by atoms with Crippen molar-refractivity contribution in [1.29, 1.82) is 0 Å². The summed E-state index contributed by atoms with van der Waals surface area (Å²) in [5.74, 6) is 0.289. The monoisotopic (exact) mass is 286 g/mol. The first-order valence-electron chi connectivity index (χ1n) is 6.73. The zero-order chi connectivity index (χ0) is 15.4. The fraction of sp³-hybridized carbons (Fsp3) is 0.250. The van der Waals surface area contributed by atoms with Gasteiger partial charge in [-0.1, -0.05) is 25.1 Å². The number of aliphatic carboxylic acids is 1. The minimum absolute atomic E-state index is 0.533. The first kappa shape index (κ1) is 14.8. The Labute approximate surface area is 123 Å². The lowest BCUT2D eigenvalue weighted by Crippen LogP contribution is -1.98. The van der Waals surface area contributed by atoms with Gasteiger partial charge in [0.05, 0.1) is 11.3 Å². The van der Waals surface area contributed by atoms with Crippen molar-refractivity contribution in [2.24, 2.45) is 7.05 Å². The molecule has 1 aromatic heterocycles. The van der Waals surface area contributed by atoms with Crippen molar-refractivity contribution in [3.05, 3.63) is 47.2 Å². The van der Waals surface area contributed by atoms with Crippen LogP contribution in [0.4, 0.5) is 0 Å². The van der Waals surface area contributed by atoms with Gasteiger partial charge in [0.2, 0.25) is 5.88 Å². The maximum atomic E-state index is 10.7. The Morgan fingerprint density at radius 3 is 2.81 bits per heavy atom. The van der Waals surface area contributed by atoms with Gasteiger partial charge < -0.3 is 9.84 Å². The standard InChI is InChI=1S/C16H18N2O3/c1-4-12-7-5-6-8-14(12)21-16-13(9-10-15(19)20)11(2)17-18(16)3/h5-10H,4H2,1-3H3,(H,19,20)/b10-9-. The number of hydrogen-bond acceptors (Lipinski definition) is 3. The highest BCUT2D eigenvalue weighted by atomic mass is 16.5. The molecular weight excluding hydrogens is 268 g/mol. The molecule has 0 amide bonds. The summed E-state index contributed by atoms with van der Waals surface area (Å²) in [5.41, 5.74) is 2.48. The Hall–Kier alpha value is -2.56. The van der Waals surface area contributed by atoms with Crippen LogP contribution in [0.3, 0.4) is 0 Å². The molecule has 110 valence electrons. The molecule has 2 aromatic rings. The van der Waals surface area contributed by atoms with E-state index in [-0.39, 0.29) is 0 Å². The number of hydrogen-bond donors (Lipinski definition) is 1. The van der Waals surface area contributed by atoms with Crippen LogP contribution < -0.4 is 4.74 Å². The van der Waals surface area contributed by atoms with Crippen molar-refractivity contribution in [2.75, 3.05) is 0 Å². The minimum atomic E-state index is -1.00. The summed E-state index contributed by atoms with van der Waals surface area (Å²) >= 11 is 0. The average Bonchev–Trinajstić information content (AvgIpc) is 2.71. The quantitative estimate of drug-likeness (QED) is 0.857. The van der Waals surface area contributed by atoms with Crippen molar-refractivity contribution >= 4 is 12.0 Å². The van der Waals surface area contributed by atoms with E-state index >= 15 is 0 Å². The number of para-hydroxylation sites is 1. The molecule has 0 radical (unpaired) electrons. The van der Waals surface area contributed by atoms with Crippen LogP contribution in [0.15, 0.2) is 30.3 Å². The molecule has 0 fully saturated rings. The number of carboxylic acids is 1. The lowest BCUT2D eigenvalue weighted by Gasteiger charge is -2.10. The van der Waals surface area contributed by atoms with Crippen LogP contribution in [0, 0.1) is 6.92 Å². The van der Waals surface area contributed by atoms with Gasteiger partial charge in [-0.2, -0.15) is 5.10 Å². The highest BCUT2D eigenvalue weighted by molar-refractivity contribution is 5.86. The van der Waals surface area contributed by atoms with E-state index in [1.165, 1.54) is 6.08 Å². The van der Waals surface area contributed by atoms with Gasteiger partial charge in [0.25, 0.3) is 0 Å². The molecule has 2 rings (SSSR count). The highest BCUT2D eigenvalue weighted by Crippen LogP contribution is 2.30. The predicted molar refractivity (Wildman–Crippen MR) is 80.5 cm³/mol. The summed E-state index contributed by atoms with van der Waals surface area (Å²) in [6.45, 7) is 3.88. The molecule has 0 spiro atoms. The zero-order valence-corrected chi connectivity index (χ0v) is 12.3. The van der Waals surface area contributed by atoms with Gasteiger partial charge in [0.1, 0.15) is 5.75 Å². The summed E-state index contributed by atoms with van der Waals surface area (Å²) in [6, 6.07) is 7.77. The average molecular weight is 286 g/mol. The molecule has 0 atom stereocenters. The molecule has 0 aliphatic heterocycles. The molecule has 5 nitrogen and oxygen atoms in total. The number of carboxylic acid groups (broad SMARTS) is 1. The van der Waals surface area contributed by atoms with Gasteiger partial charge in [0.15, 0.2) is 0 Å². The van der Waals surface area contributed by atoms with E-state index in [0.717, 1.165) is 29.5 Å². The van der Waals surface area contributed by atoms with E-state index in [2.05, 4.69) is 12.0 Å². The number of benzene rings is 1. The molecule has 21 heavy (non-hydrogen) atoms. The van der Waals surface area contributed by atoms with Gasteiger partial charge in [-0.15, -0.1) is 0 Å². The first-order chi connectivity index (χ1) is 10.0. The van der Waals surface area contributed by atoms with Crippen molar-refractivity contribution < 1.29 is 14.6 Å². The van der Waals surface area contributed by atoms with Crippen LogP contribution in [0.2, 0.25) is 0 Å². The molecule has 1 aromatic carbocycles. The fourth-order valence-electron chi connectivity index (χ4n) is 2.12. The number of aromatic nitrogens is 2. The Morgan fingerprint density at radius 2 is 2.14 bits per heavy atom. The summed E-state index contributed by atoms with van der Waals surface area (Å²) in [6.07, 6.45) is 3.45. The third kappa shape index (κ3) is 3.31. The number of nitrogens with zero attached hydrogens (tertiary/aromatic N) is 2. The van der Waals surface area contributed by atoms with E-state index < -0.39 is 5.97 Å². The Bertz CT molecular complexity index is 687. The largest absolute Gasteiger partial charge is 0.478 e. The van der Waals surface area contributed by atoms with Crippen LogP contribution in [-0.4, -0.2) is 20.9 Å². The highest BCUT2D eigenvalue weighted by Gasteiger charge is 2.14. The number of ether oxygens (including phenoxy) is 1. The van der Waals surface area contributed by atoms with Crippen LogP contribution >= 0.6 is 0 Å². The lowest BCUT2D eigenvalue weighted by molar-refractivity contribution is -0.131. The first-order valence-corrected chi connectivity index (χ1v) is 6.73. The minimum Gasteiger partial charge on any atom is -0.478 e. The molecule has 0 saturated heterocycles. The molecule has 0 unspecified atom stereocenters. The summed E-state index contributed by atoms with van der Waals surface area (Å²) in [4.78, 5) is 10.7. The Morgan fingerprint density at radius 1 is 1.43 bits per heavy atom. The van der Waals surface area contributed by atoms with E-state index in [9.17, 15) is 4.79 Å². The second-order valence-corrected chi connectivity index (χ2v) is 4.66. The van der Waals surface area contributed by atoms with Gasteiger partial charge in [-0.3, -0.25) is 0 Å². The maximum absolute atomic E-state index is 10.7. The van der Waals surface area contributed by atoms with Crippen molar-refractivity contribution in [1.82, 2.24) is 9.78 Å². The van der Waals surface area contributed by atoms with Gasteiger partial charge in [0, 0.05) is 13.1 Å². The summed E-state index contributed by atoms with van der Waals surface area (Å²) in [5, 5.41) is 13.1. The molecule has 0 aliphatic rings. The van der Waals surface area contributed by atoms with Crippen molar-refractivity contribution in [3.63, 3.8) is 0 Å². The van der Waals surface area contributed by atoms with Crippen LogP contribution in [0.5, 0.6) is 11.6 Å². The van der Waals surface area contributed by atoms with E-state index in [1.807, 2.05) is 31.2 Å². The molecule has 5 heteroatoms. The molecule has 0 bridgehead atoms. The van der Waals surface area contributed by atoms with Crippen molar-refractivity contribution in [2.45, 2.75) is 20.3 Å². The van der Waals surface area contributed by atoms with Crippen LogP contribution in [-0.2, 0) is 18.3 Å². The smallest absolute Gasteiger partial charge is 0.328 e. The summed E-state index contributed by atoms with van der Waals surface area (Å²) < 4.78 is 7.59. The number of carbonyl (C=O) groups is 1. The third-order valence-corrected chi connectivity index (χ3v) is 3.17. The molecule has 0 aliphatic carbocycles. The normalized spacial score (nSPS) is 11.0. The van der Waals surface area contributed by atoms with E-state index in [4.69, 9.17) is 9.84 Å². The number of aryl methyl sites for hydroxylation is 3. The molecule has 0 saturated carbocycles. The number of rotatable bonds is 5. The van der Waals surface area contributed by atoms with Gasteiger partial charge >= 0.3 is 5.97 Å². The topological polar surface area (TPSA) is 64.3 Å². The lowest BCUT2D eigenvalue weighted by atomic mass is 10.1. The Balaban J connectivity index is 2.42. The SMILES string of the molecule is CCc1ccccc1Oc1c(/C=C\C(=O)O)c(C)nn1C. The van der Waals surface area contributed by atoms with E-state index in [1.54, 1.807) is 11.7 Å². The fourth-order valence-corrected chi connectivity index (χ4v) is 2.12. The predicted octanol–water partition coefficient (Wildman–Crippen LogP) is 3.18. The molecule has 1 heterocycles.